The summed E-state index contributed by atoms with van der Waals surface area (Å²) in [6, 6.07) is 5.28. The Balaban J connectivity index is 1.36. The van der Waals surface area contributed by atoms with E-state index in [1.54, 1.807) is 28.7 Å². The summed E-state index contributed by atoms with van der Waals surface area (Å²) in [7, 11) is 1.31. The first-order chi connectivity index (χ1) is 15.1. The van der Waals surface area contributed by atoms with E-state index in [0.29, 0.717) is 36.7 Å². The Hall–Kier alpha value is -3.37. The molecule has 1 atom stereocenters. The fraction of sp³-hybridized carbons (Fsp3) is 0.286. The Morgan fingerprint density at radius 1 is 1.26 bits per heavy atom. The lowest BCUT2D eigenvalue weighted by atomic mass is 10.2. The van der Waals surface area contributed by atoms with E-state index >= 15 is 0 Å². The third-order valence-electron chi connectivity index (χ3n) is 4.65. The second-order valence-electron chi connectivity index (χ2n) is 6.73. The summed E-state index contributed by atoms with van der Waals surface area (Å²) in [6.07, 6.45) is 6.00. The molecule has 4 heterocycles. The highest BCUT2D eigenvalue weighted by molar-refractivity contribution is 7.13. The van der Waals surface area contributed by atoms with Crippen molar-refractivity contribution in [3.63, 3.8) is 0 Å². The van der Waals surface area contributed by atoms with Crippen molar-refractivity contribution >= 4 is 23.2 Å². The number of rotatable bonds is 6. The number of thiazole rings is 1. The molecule has 1 aliphatic rings. The number of esters is 1. The van der Waals surface area contributed by atoms with Gasteiger partial charge in [-0.05, 0) is 18.2 Å². The van der Waals surface area contributed by atoms with Crippen LogP contribution >= 0.6 is 11.3 Å². The number of nitrogens with zero attached hydrogens (tertiary/aromatic N) is 4. The Morgan fingerprint density at radius 2 is 2.10 bits per heavy atom. The number of ether oxygens (including phenoxy) is 3. The van der Waals surface area contributed by atoms with E-state index in [9.17, 15) is 9.59 Å². The van der Waals surface area contributed by atoms with Crippen molar-refractivity contribution in [2.75, 3.05) is 33.4 Å². The lowest BCUT2D eigenvalue weighted by Gasteiger charge is -2.32. The van der Waals surface area contributed by atoms with Crippen molar-refractivity contribution in [3.05, 3.63) is 59.6 Å². The first-order valence-corrected chi connectivity index (χ1v) is 10.4. The third-order valence-corrected chi connectivity index (χ3v) is 5.54. The summed E-state index contributed by atoms with van der Waals surface area (Å²) in [6.45, 7) is 1.49. The number of carbonyl (C=O) groups is 2. The minimum atomic E-state index is -0.488. The van der Waals surface area contributed by atoms with Gasteiger partial charge in [-0.3, -0.25) is 14.8 Å². The van der Waals surface area contributed by atoms with Crippen molar-refractivity contribution in [1.29, 1.82) is 0 Å². The van der Waals surface area contributed by atoms with Gasteiger partial charge in [0.1, 0.15) is 29.2 Å². The first-order valence-electron chi connectivity index (χ1n) is 9.57. The monoisotopic (exact) mass is 440 g/mol. The summed E-state index contributed by atoms with van der Waals surface area (Å²) < 4.78 is 16.1. The van der Waals surface area contributed by atoms with Crippen LogP contribution in [0.15, 0.2) is 48.4 Å². The molecule has 0 aliphatic carbocycles. The number of hydrogen-bond donors (Lipinski definition) is 0. The minimum absolute atomic E-state index is 0.140. The Bertz CT molecular complexity index is 1060. The van der Waals surface area contributed by atoms with E-state index < -0.39 is 5.97 Å². The molecule has 4 rings (SSSR count). The predicted octanol–water partition coefficient (Wildman–Crippen LogP) is 2.31. The molecule has 1 saturated heterocycles. The molecule has 3 aromatic heterocycles. The van der Waals surface area contributed by atoms with Crippen LogP contribution in [0.5, 0.6) is 5.75 Å². The summed E-state index contributed by atoms with van der Waals surface area (Å²) in [5.41, 5.74) is 1.64. The fourth-order valence-corrected chi connectivity index (χ4v) is 3.88. The molecule has 10 heteroatoms. The van der Waals surface area contributed by atoms with Crippen molar-refractivity contribution in [3.8, 4) is 16.3 Å². The van der Waals surface area contributed by atoms with Gasteiger partial charge >= 0.3 is 5.97 Å². The van der Waals surface area contributed by atoms with E-state index in [4.69, 9.17) is 9.47 Å². The lowest BCUT2D eigenvalue weighted by Crippen LogP contribution is -2.47. The SMILES string of the molecule is COC(=O)c1cncc(OCC2CN(C(=O)c3csc(-c4ccncc4)n3)CCO2)c1. The zero-order valence-electron chi connectivity index (χ0n) is 16.8. The molecule has 0 bridgehead atoms. The van der Waals surface area contributed by atoms with Gasteiger partial charge in [-0.2, -0.15) is 0 Å². The molecule has 9 nitrogen and oxygen atoms in total. The zero-order chi connectivity index (χ0) is 21.6. The Kier molecular flexibility index (Phi) is 6.48. The molecular formula is C21H20N4O5S. The molecule has 0 aromatic carbocycles. The van der Waals surface area contributed by atoms with Crippen LogP contribution in [0.2, 0.25) is 0 Å². The fourth-order valence-electron chi connectivity index (χ4n) is 3.08. The van der Waals surface area contributed by atoms with Crippen LogP contribution in [0.25, 0.3) is 10.6 Å². The van der Waals surface area contributed by atoms with Gasteiger partial charge in [0.25, 0.3) is 5.91 Å². The molecule has 0 N–H and O–H groups in total. The number of methoxy groups -OCH3 is 1. The normalized spacial score (nSPS) is 16.0. The second-order valence-corrected chi connectivity index (χ2v) is 7.59. The van der Waals surface area contributed by atoms with Gasteiger partial charge in [0.2, 0.25) is 0 Å². The molecule has 1 aliphatic heterocycles. The van der Waals surface area contributed by atoms with Crippen molar-refractivity contribution in [2.45, 2.75) is 6.10 Å². The van der Waals surface area contributed by atoms with E-state index in [0.717, 1.165) is 10.6 Å². The highest BCUT2D eigenvalue weighted by atomic mass is 32.1. The van der Waals surface area contributed by atoms with Crippen molar-refractivity contribution in [1.82, 2.24) is 19.9 Å². The quantitative estimate of drug-likeness (QED) is 0.538. The van der Waals surface area contributed by atoms with Crippen LogP contribution in [-0.4, -0.2) is 71.2 Å². The second kappa shape index (κ2) is 9.63. The van der Waals surface area contributed by atoms with Gasteiger partial charge in [-0.15, -0.1) is 11.3 Å². The molecule has 1 unspecified atom stereocenters. The molecular weight excluding hydrogens is 420 g/mol. The van der Waals surface area contributed by atoms with Gasteiger partial charge in [0.15, 0.2) is 0 Å². The van der Waals surface area contributed by atoms with Crippen LogP contribution in [0.3, 0.4) is 0 Å². The first kappa shape index (κ1) is 20.9. The highest BCUT2D eigenvalue weighted by Gasteiger charge is 2.27. The average Bonchev–Trinajstić information content (AvgIpc) is 3.33. The lowest BCUT2D eigenvalue weighted by molar-refractivity contribution is -0.0403. The Morgan fingerprint density at radius 3 is 2.90 bits per heavy atom. The van der Waals surface area contributed by atoms with Gasteiger partial charge in [-0.1, -0.05) is 0 Å². The molecule has 0 spiro atoms. The maximum atomic E-state index is 12.9. The summed E-state index contributed by atoms with van der Waals surface area (Å²) in [5.74, 6) is -0.200. The molecule has 3 aromatic rings. The number of aromatic nitrogens is 3. The Labute approximate surface area is 182 Å². The smallest absolute Gasteiger partial charge is 0.339 e. The van der Waals surface area contributed by atoms with Crippen LogP contribution < -0.4 is 4.74 Å². The zero-order valence-corrected chi connectivity index (χ0v) is 17.6. The number of hydrogen-bond acceptors (Lipinski definition) is 9. The maximum Gasteiger partial charge on any atom is 0.339 e. The summed E-state index contributed by atoms with van der Waals surface area (Å²) in [5, 5.41) is 2.54. The van der Waals surface area contributed by atoms with Gasteiger partial charge in [0, 0.05) is 36.1 Å². The molecule has 0 radical (unpaired) electrons. The summed E-state index contributed by atoms with van der Waals surface area (Å²) in [4.78, 5) is 38.7. The van der Waals surface area contributed by atoms with Crippen LogP contribution in [0, 0.1) is 0 Å². The van der Waals surface area contributed by atoms with E-state index in [-0.39, 0.29) is 18.6 Å². The third kappa shape index (κ3) is 5.04. The van der Waals surface area contributed by atoms with Crippen LogP contribution in [0.4, 0.5) is 0 Å². The van der Waals surface area contributed by atoms with Crippen molar-refractivity contribution < 1.29 is 23.8 Å². The highest BCUT2D eigenvalue weighted by Crippen LogP contribution is 2.24. The minimum Gasteiger partial charge on any atom is -0.489 e. The molecule has 1 fully saturated rings. The number of amides is 1. The van der Waals surface area contributed by atoms with E-state index in [2.05, 4.69) is 19.7 Å². The van der Waals surface area contributed by atoms with Crippen molar-refractivity contribution in [2.24, 2.45) is 0 Å². The molecule has 0 saturated carbocycles. The van der Waals surface area contributed by atoms with Crippen LogP contribution in [-0.2, 0) is 9.47 Å². The average molecular weight is 440 g/mol. The van der Waals surface area contributed by atoms with Crippen LogP contribution in [0.1, 0.15) is 20.8 Å². The predicted molar refractivity (Wildman–Crippen MR) is 112 cm³/mol. The van der Waals surface area contributed by atoms with Gasteiger partial charge in [-0.25, -0.2) is 9.78 Å². The number of morpholine rings is 1. The molecule has 31 heavy (non-hydrogen) atoms. The number of carbonyl (C=O) groups excluding carboxylic acids is 2. The van der Waals surface area contributed by atoms with Gasteiger partial charge in [0.05, 0.1) is 32.0 Å². The van der Waals surface area contributed by atoms with E-state index in [1.807, 2.05) is 12.1 Å². The van der Waals surface area contributed by atoms with E-state index in [1.165, 1.54) is 30.8 Å². The molecule has 160 valence electrons. The maximum absolute atomic E-state index is 12.9. The largest absolute Gasteiger partial charge is 0.489 e. The standard InChI is InChI=1S/C21H20N4O5S/c1-28-21(27)15-8-16(10-23-9-15)30-12-17-11-25(6-7-29-17)20(26)18-13-31-19(24-18)14-2-4-22-5-3-14/h2-5,8-10,13,17H,6-7,11-12H2,1H3. The van der Waals surface area contributed by atoms with Gasteiger partial charge < -0.3 is 19.1 Å². The summed E-state index contributed by atoms with van der Waals surface area (Å²) >= 11 is 1.42. The topological polar surface area (TPSA) is 104 Å². The molecule has 1 amide bonds. The number of pyridine rings is 2.